The molecule has 1 aromatic heterocycles. The number of nitrogens with one attached hydrogen (secondary N) is 1. The third kappa shape index (κ3) is 3.49. The van der Waals surface area contributed by atoms with Gasteiger partial charge in [-0.3, -0.25) is 4.21 Å². The largest absolute Gasteiger partial charge is 0.381 e. The van der Waals surface area contributed by atoms with E-state index in [0.29, 0.717) is 23.1 Å². The molecule has 0 aliphatic heterocycles. The lowest BCUT2D eigenvalue weighted by Gasteiger charge is -2.28. The van der Waals surface area contributed by atoms with Crippen molar-refractivity contribution in [1.82, 2.24) is 9.97 Å². The summed E-state index contributed by atoms with van der Waals surface area (Å²) in [6.07, 6.45) is 7.89. The number of methoxy groups -OCH3 is 1. The quantitative estimate of drug-likeness (QED) is 0.841. The van der Waals surface area contributed by atoms with Crippen LogP contribution in [0.4, 0.5) is 5.95 Å². The first-order chi connectivity index (χ1) is 8.69. The Morgan fingerprint density at radius 3 is 2.72 bits per heavy atom. The summed E-state index contributed by atoms with van der Waals surface area (Å²) in [6, 6.07) is 2.07. The summed E-state index contributed by atoms with van der Waals surface area (Å²) in [5, 5.41) is 3.88. The smallest absolute Gasteiger partial charge is 0.223 e. The summed E-state index contributed by atoms with van der Waals surface area (Å²) in [4.78, 5) is 8.42. The molecule has 2 rings (SSSR count). The molecule has 18 heavy (non-hydrogen) atoms. The zero-order valence-corrected chi connectivity index (χ0v) is 11.6. The number of rotatable bonds is 4. The van der Waals surface area contributed by atoms with Gasteiger partial charge in [0, 0.05) is 25.6 Å². The van der Waals surface area contributed by atoms with Crippen LogP contribution in [0.5, 0.6) is 0 Å². The molecular weight excluding hydrogens is 250 g/mol. The van der Waals surface area contributed by atoms with E-state index < -0.39 is 10.8 Å². The lowest BCUT2D eigenvalue weighted by atomic mass is 9.93. The highest BCUT2D eigenvalue weighted by Crippen LogP contribution is 2.22. The normalized spacial score (nSPS) is 25.7. The van der Waals surface area contributed by atoms with E-state index in [9.17, 15) is 4.21 Å². The molecule has 1 heterocycles. The molecule has 5 nitrogen and oxygen atoms in total. The van der Waals surface area contributed by atoms with Crippen molar-refractivity contribution < 1.29 is 8.95 Å². The Labute approximate surface area is 110 Å². The Morgan fingerprint density at radius 1 is 1.39 bits per heavy atom. The van der Waals surface area contributed by atoms with Gasteiger partial charge in [-0.2, -0.15) is 0 Å². The maximum absolute atomic E-state index is 11.3. The van der Waals surface area contributed by atoms with Crippen molar-refractivity contribution in [2.45, 2.75) is 42.9 Å². The van der Waals surface area contributed by atoms with Crippen molar-refractivity contribution in [1.29, 1.82) is 0 Å². The molecule has 0 bridgehead atoms. The van der Waals surface area contributed by atoms with Crippen LogP contribution < -0.4 is 5.32 Å². The van der Waals surface area contributed by atoms with E-state index in [2.05, 4.69) is 15.3 Å². The Morgan fingerprint density at radius 2 is 2.11 bits per heavy atom. The van der Waals surface area contributed by atoms with Gasteiger partial charge >= 0.3 is 0 Å². The Bertz CT molecular complexity index is 420. The molecule has 6 heteroatoms. The van der Waals surface area contributed by atoms with E-state index >= 15 is 0 Å². The van der Waals surface area contributed by atoms with Crippen molar-refractivity contribution in [2.75, 3.05) is 18.7 Å². The second-order valence-corrected chi connectivity index (χ2v) is 5.85. The molecule has 1 N–H and O–H groups in total. The van der Waals surface area contributed by atoms with Crippen LogP contribution in [0.15, 0.2) is 17.3 Å². The molecule has 1 fully saturated rings. The van der Waals surface area contributed by atoms with Crippen LogP contribution in [-0.2, 0) is 15.5 Å². The molecule has 0 aromatic carbocycles. The monoisotopic (exact) mass is 269 g/mol. The first kappa shape index (κ1) is 13.4. The van der Waals surface area contributed by atoms with Gasteiger partial charge in [-0.15, -0.1) is 0 Å². The van der Waals surface area contributed by atoms with Crippen LogP contribution in [0.25, 0.3) is 0 Å². The molecular formula is C12H19N3O2S. The van der Waals surface area contributed by atoms with Crippen molar-refractivity contribution >= 4 is 16.7 Å². The molecule has 0 radical (unpaired) electrons. The predicted molar refractivity (Wildman–Crippen MR) is 71.0 cm³/mol. The van der Waals surface area contributed by atoms with E-state index in [4.69, 9.17) is 4.74 Å². The highest BCUT2D eigenvalue weighted by atomic mass is 32.2. The van der Waals surface area contributed by atoms with Gasteiger partial charge in [0.05, 0.1) is 16.9 Å². The summed E-state index contributed by atoms with van der Waals surface area (Å²) in [7, 11) is 0.701. The van der Waals surface area contributed by atoms with Gasteiger partial charge < -0.3 is 10.1 Å². The van der Waals surface area contributed by atoms with Crippen LogP contribution in [0.1, 0.15) is 25.7 Å². The number of hydrogen-bond acceptors (Lipinski definition) is 5. The molecule has 1 aliphatic carbocycles. The van der Waals surface area contributed by atoms with Crippen molar-refractivity contribution in [2.24, 2.45) is 0 Å². The van der Waals surface area contributed by atoms with E-state index in [1.807, 2.05) is 0 Å². The Hall–Kier alpha value is -1.01. The van der Waals surface area contributed by atoms with Crippen molar-refractivity contribution in [3.05, 3.63) is 12.3 Å². The minimum absolute atomic E-state index is 0.386. The number of hydrogen-bond donors (Lipinski definition) is 1. The lowest BCUT2D eigenvalue weighted by molar-refractivity contribution is 0.0681. The van der Waals surface area contributed by atoms with Gasteiger partial charge in [-0.1, -0.05) is 0 Å². The van der Waals surface area contributed by atoms with E-state index in [-0.39, 0.29) is 0 Å². The predicted octanol–water partition coefficient (Wildman–Crippen LogP) is 1.58. The van der Waals surface area contributed by atoms with Gasteiger partial charge in [-0.05, 0) is 31.7 Å². The van der Waals surface area contributed by atoms with Gasteiger partial charge in [0.15, 0.2) is 0 Å². The van der Waals surface area contributed by atoms with Crippen molar-refractivity contribution in [3.63, 3.8) is 0 Å². The third-order valence-electron chi connectivity index (χ3n) is 3.27. The number of ether oxygens (including phenoxy) is 1. The third-order valence-corrected chi connectivity index (χ3v) is 4.08. The maximum atomic E-state index is 11.3. The zero-order chi connectivity index (χ0) is 13.0. The second-order valence-electron chi connectivity index (χ2n) is 4.53. The molecule has 1 aliphatic rings. The topological polar surface area (TPSA) is 64.1 Å². The fourth-order valence-electron chi connectivity index (χ4n) is 2.20. The molecule has 1 aromatic rings. The average Bonchev–Trinajstić information content (AvgIpc) is 2.40. The maximum Gasteiger partial charge on any atom is 0.223 e. The fourth-order valence-corrected chi connectivity index (χ4v) is 2.66. The molecule has 0 saturated heterocycles. The summed E-state index contributed by atoms with van der Waals surface area (Å²) >= 11 is 0. The number of aromatic nitrogens is 2. The standard InChI is InChI=1S/C12H19N3O2S/c1-17-10-5-3-9(4-6-10)14-12-13-8-7-11(15-12)18(2)16/h7-10H,3-6H2,1-2H3,(H,13,14,15). The minimum Gasteiger partial charge on any atom is -0.381 e. The van der Waals surface area contributed by atoms with Crippen LogP contribution in [-0.4, -0.2) is 39.7 Å². The van der Waals surface area contributed by atoms with Gasteiger partial charge in [-0.25, -0.2) is 9.97 Å². The van der Waals surface area contributed by atoms with E-state index in [0.717, 1.165) is 25.7 Å². The van der Waals surface area contributed by atoms with Gasteiger partial charge in [0.25, 0.3) is 0 Å². The van der Waals surface area contributed by atoms with Gasteiger partial charge in [0.1, 0.15) is 5.03 Å². The molecule has 0 amide bonds. The summed E-state index contributed by atoms with van der Waals surface area (Å²) in [5.74, 6) is 0.573. The summed E-state index contributed by atoms with van der Waals surface area (Å²) in [6.45, 7) is 0. The van der Waals surface area contributed by atoms with Gasteiger partial charge in [0.2, 0.25) is 5.95 Å². The SMILES string of the molecule is COC1CCC(Nc2nccc(S(C)=O)n2)CC1. The molecule has 1 saturated carbocycles. The van der Waals surface area contributed by atoms with E-state index in [1.54, 1.807) is 25.6 Å². The average molecular weight is 269 g/mol. The Balaban J connectivity index is 1.94. The lowest BCUT2D eigenvalue weighted by Crippen LogP contribution is -2.29. The molecule has 0 spiro atoms. The Kier molecular flexibility index (Phi) is 4.66. The second kappa shape index (κ2) is 6.24. The highest BCUT2D eigenvalue weighted by molar-refractivity contribution is 7.84. The first-order valence-electron chi connectivity index (χ1n) is 6.15. The number of anilines is 1. The summed E-state index contributed by atoms with van der Waals surface area (Å²) < 4.78 is 16.7. The zero-order valence-electron chi connectivity index (χ0n) is 10.8. The van der Waals surface area contributed by atoms with Crippen LogP contribution in [0.2, 0.25) is 0 Å². The molecule has 1 unspecified atom stereocenters. The fraction of sp³-hybridized carbons (Fsp3) is 0.667. The molecule has 1 atom stereocenters. The summed E-state index contributed by atoms with van der Waals surface area (Å²) in [5.41, 5.74) is 0. The first-order valence-corrected chi connectivity index (χ1v) is 7.70. The van der Waals surface area contributed by atoms with Crippen LogP contribution in [0.3, 0.4) is 0 Å². The molecule has 100 valence electrons. The minimum atomic E-state index is -1.06. The van der Waals surface area contributed by atoms with E-state index in [1.165, 1.54) is 0 Å². The van der Waals surface area contributed by atoms with Crippen LogP contribution in [0, 0.1) is 0 Å². The highest BCUT2D eigenvalue weighted by Gasteiger charge is 2.21. The number of nitrogens with zero attached hydrogens (tertiary/aromatic N) is 2. The van der Waals surface area contributed by atoms with Crippen LogP contribution >= 0.6 is 0 Å². The van der Waals surface area contributed by atoms with Crippen molar-refractivity contribution in [3.8, 4) is 0 Å².